The Hall–Kier alpha value is -2.34. The number of hydrogen-bond acceptors (Lipinski definition) is 4. The van der Waals surface area contributed by atoms with Gasteiger partial charge in [-0.25, -0.2) is 0 Å². The minimum Gasteiger partial charge on any atom is -0.481 e. The summed E-state index contributed by atoms with van der Waals surface area (Å²) in [6.45, 7) is 7.21. The van der Waals surface area contributed by atoms with Crippen molar-refractivity contribution in [1.82, 2.24) is 4.98 Å². The third-order valence-corrected chi connectivity index (χ3v) is 12.9. The number of rotatable bonds is 8. The van der Waals surface area contributed by atoms with E-state index in [1.165, 1.54) is 49.5 Å². The molecule has 4 N–H and O–H groups in total. The number of carboxylic acid groups (broad SMARTS) is 1. The standard InChI is InChI=1S/C35H50N2O4/c1-21(18-32(38)39)27-11-12-28-26-10-9-23-19-24(14-16-34(23,2)29(26)15-17-35(27,28)3)41-33(40)30(36)13-8-22-20-37-31-7-5-4-6-25(22)31/h4-7,20-21,23-24,26-30,37H,8-19,36H2,1-3H3,(H,38,39)/t21-,23-,24-,26+,27?,28+,29+,30?,34+,35-/m1/s1. The van der Waals surface area contributed by atoms with Crippen LogP contribution in [0, 0.1) is 46.3 Å². The number of ether oxygens (including phenoxy) is 1. The Balaban J connectivity index is 1.04. The molecular weight excluding hydrogens is 512 g/mol. The molecule has 4 aliphatic carbocycles. The molecule has 0 amide bonds. The van der Waals surface area contributed by atoms with Crippen LogP contribution in [0.25, 0.3) is 10.9 Å². The van der Waals surface area contributed by atoms with Gasteiger partial charge in [0.1, 0.15) is 12.1 Å². The summed E-state index contributed by atoms with van der Waals surface area (Å²) in [5.41, 5.74) is 9.25. The van der Waals surface area contributed by atoms with Crippen LogP contribution >= 0.6 is 0 Å². The minimum absolute atomic E-state index is 0.0159. The molecule has 0 radical (unpaired) electrons. The van der Waals surface area contributed by atoms with E-state index in [-0.39, 0.29) is 23.4 Å². The first-order valence-corrected chi connectivity index (χ1v) is 16.3. The molecule has 4 saturated carbocycles. The van der Waals surface area contributed by atoms with Crippen molar-refractivity contribution in [2.75, 3.05) is 0 Å². The van der Waals surface area contributed by atoms with Crippen LogP contribution in [0.5, 0.6) is 0 Å². The number of fused-ring (bicyclic) bond motifs is 6. The highest BCUT2D eigenvalue weighted by atomic mass is 16.5. The molecular formula is C35H50N2O4. The van der Waals surface area contributed by atoms with Crippen molar-refractivity contribution in [2.24, 2.45) is 52.1 Å². The van der Waals surface area contributed by atoms with Gasteiger partial charge >= 0.3 is 11.9 Å². The third-order valence-electron chi connectivity index (χ3n) is 12.9. The van der Waals surface area contributed by atoms with E-state index < -0.39 is 12.0 Å². The monoisotopic (exact) mass is 562 g/mol. The molecule has 6 heteroatoms. The number of esters is 1. The molecule has 0 bridgehead atoms. The van der Waals surface area contributed by atoms with Gasteiger partial charge in [0, 0.05) is 23.5 Å². The Morgan fingerprint density at radius 1 is 1.05 bits per heavy atom. The predicted molar refractivity (Wildman–Crippen MR) is 161 cm³/mol. The first-order valence-electron chi connectivity index (χ1n) is 16.3. The lowest BCUT2D eigenvalue weighted by molar-refractivity contribution is -0.164. The Morgan fingerprint density at radius 2 is 1.80 bits per heavy atom. The topological polar surface area (TPSA) is 105 Å². The zero-order chi connectivity index (χ0) is 28.9. The number of aliphatic carboxylic acids is 1. The molecule has 4 aliphatic rings. The van der Waals surface area contributed by atoms with Crippen LogP contribution in [-0.2, 0) is 20.7 Å². The zero-order valence-corrected chi connectivity index (χ0v) is 25.2. The number of aromatic amines is 1. The van der Waals surface area contributed by atoms with Gasteiger partial charge in [-0.2, -0.15) is 0 Å². The van der Waals surface area contributed by atoms with E-state index in [0.717, 1.165) is 49.0 Å². The van der Waals surface area contributed by atoms with Crippen molar-refractivity contribution >= 4 is 22.8 Å². The van der Waals surface area contributed by atoms with Crippen molar-refractivity contribution in [3.63, 3.8) is 0 Å². The van der Waals surface area contributed by atoms with E-state index in [9.17, 15) is 14.7 Å². The predicted octanol–water partition coefficient (Wildman–Crippen LogP) is 7.11. The summed E-state index contributed by atoms with van der Waals surface area (Å²) in [5.74, 6) is 2.72. The highest BCUT2D eigenvalue weighted by molar-refractivity contribution is 5.83. The highest BCUT2D eigenvalue weighted by Crippen LogP contribution is 2.68. The number of H-pyrrole nitrogens is 1. The van der Waals surface area contributed by atoms with E-state index in [2.05, 4.69) is 37.9 Å². The van der Waals surface area contributed by atoms with Crippen molar-refractivity contribution in [2.45, 2.75) is 110 Å². The fourth-order valence-electron chi connectivity index (χ4n) is 10.7. The van der Waals surface area contributed by atoms with Gasteiger partial charge in [0.2, 0.25) is 0 Å². The Labute approximate surface area is 245 Å². The van der Waals surface area contributed by atoms with E-state index in [4.69, 9.17) is 10.5 Å². The second kappa shape index (κ2) is 11.1. The minimum atomic E-state index is -0.654. The van der Waals surface area contributed by atoms with Gasteiger partial charge in [-0.05, 0) is 129 Å². The van der Waals surface area contributed by atoms with Crippen molar-refractivity contribution in [3.8, 4) is 0 Å². The van der Waals surface area contributed by atoms with Gasteiger partial charge in [0.05, 0.1) is 0 Å². The molecule has 6 rings (SSSR count). The van der Waals surface area contributed by atoms with Crippen molar-refractivity contribution in [3.05, 3.63) is 36.0 Å². The molecule has 0 spiro atoms. The number of carbonyl (C=O) groups is 2. The summed E-state index contributed by atoms with van der Waals surface area (Å²) in [6, 6.07) is 7.64. The van der Waals surface area contributed by atoms with Gasteiger partial charge in [0.25, 0.3) is 0 Å². The fraction of sp³-hybridized carbons (Fsp3) is 0.714. The number of nitrogens with two attached hydrogens (primary N) is 1. The Bertz CT molecular complexity index is 1270. The summed E-state index contributed by atoms with van der Waals surface area (Å²) in [5, 5.41) is 10.6. The highest BCUT2D eigenvalue weighted by Gasteiger charge is 2.60. The maximum absolute atomic E-state index is 13.0. The summed E-state index contributed by atoms with van der Waals surface area (Å²) in [7, 11) is 0. The number of aromatic nitrogens is 1. The number of carbonyl (C=O) groups excluding carboxylic acids is 1. The van der Waals surface area contributed by atoms with Gasteiger partial charge in [0.15, 0.2) is 0 Å². The van der Waals surface area contributed by atoms with Gasteiger partial charge in [-0.1, -0.05) is 39.0 Å². The number of nitrogens with one attached hydrogen (secondary N) is 1. The summed E-state index contributed by atoms with van der Waals surface area (Å²) >= 11 is 0. The number of hydrogen-bond donors (Lipinski definition) is 3. The molecule has 0 saturated heterocycles. The lowest BCUT2D eigenvalue weighted by Crippen LogP contribution is -2.54. The summed E-state index contributed by atoms with van der Waals surface area (Å²) in [6.07, 6.45) is 14.2. The molecule has 1 heterocycles. The lowest BCUT2D eigenvalue weighted by Gasteiger charge is -2.61. The van der Waals surface area contributed by atoms with E-state index in [1.54, 1.807) is 0 Å². The molecule has 1 aromatic heterocycles. The van der Waals surface area contributed by atoms with Crippen LogP contribution in [0.2, 0.25) is 0 Å². The molecule has 4 fully saturated rings. The van der Waals surface area contributed by atoms with E-state index >= 15 is 0 Å². The van der Waals surface area contributed by atoms with Crippen LogP contribution in [-0.4, -0.2) is 34.2 Å². The normalized spacial score (nSPS) is 38.0. The Kier molecular flexibility index (Phi) is 7.76. The average molecular weight is 563 g/mol. The largest absolute Gasteiger partial charge is 0.481 e. The maximum Gasteiger partial charge on any atom is 0.323 e. The van der Waals surface area contributed by atoms with Crippen molar-refractivity contribution < 1.29 is 19.4 Å². The van der Waals surface area contributed by atoms with E-state index in [0.29, 0.717) is 30.1 Å². The molecule has 41 heavy (non-hydrogen) atoms. The number of carboxylic acids is 1. The van der Waals surface area contributed by atoms with Gasteiger partial charge in [-0.15, -0.1) is 0 Å². The number of para-hydroxylation sites is 1. The van der Waals surface area contributed by atoms with Crippen LogP contribution in [0.3, 0.4) is 0 Å². The number of benzene rings is 1. The first-order chi connectivity index (χ1) is 19.6. The van der Waals surface area contributed by atoms with Crippen LogP contribution in [0.15, 0.2) is 30.5 Å². The SMILES string of the molecule is C[C@H](CC(=O)O)C1CC[C@H]2[C@@H]3CC[C@@H]4C[C@H](OC(=O)C(N)CCc5c[nH]c6ccccc56)CC[C@]4(C)[C@H]3CC[C@]12C. The molecule has 224 valence electrons. The van der Waals surface area contributed by atoms with Crippen LogP contribution < -0.4 is 5.73 Å². The Morgan fingerprint density at radius 3 is 2.61 bits per heavy atom. The van der Waals surface area contributed by atoms with Crippen LogP contribution in [0.4, 0.5) is 0 Å². The molecule has 2 unspecified atom stereocenters. The lowest BCUT2D eigenvalue weighted by atomic mass is 9.44. The second-order valence-corrected chi connectivity index (χ2v) is 14.8. The molecule has 6 nitrogen and oxygen atoms in total. The van der Waals surface area contributed by atoms with Crippen molar-refractivity contribution in [1.29, 1.82) is 0 Å². The maximum atomic E-state index is 13.0. The van der Waals surface area contributed by atoms with Crippen LogP contribution in [0.1, 0.15) is 97.0 Å². The van der Waals surface area contributed by atoms with E-state index in [1.807, 2.05) is 18.3 Å². The first kappa shape index (κ1) is 28.8. The zero-order valence-electron chi connectivity index (χ0n) is 25.2. The summed E-state index contributed by atoms with van der Waals surface area (Å²) < 4.78 is 6.08. The molecule has 10 atom stereocenters. The molecule has 1 aromatic carbocycles. The quantitative estimate of drug-likeness (QED) is 0.297. The summed E-state index contributed by atoms with van der Waals surface area (Å²) in [4.78, 5) is 27.8. The smallest absolute Gasteiger partial charge is 0.323 e. The average Bonchev–Trinajstić information content (AvgIpc) is 3.52. The fourth-order valence-corrected chi connectivity index (χ4v) is 10.7. The van der Waals surface area contributed by atoms with Gasteiger partial charge < -0.3 is 20.6 Å². The van der Waals surface area contributed by atoms with Gasteiger partial charge in [-0.3, -0.25) is 9.59 Å². The second-order valence-electron chi connectivity index (χ2n) is 14.8. The molecule has 0 aliphatic heterocycles. The number of aryl methyl sites for hydroxylation is 1. The third kappa shape index (κ3) is 5.13. The molecule has 2 aromatic rings.